The van der Waals surface area contributed by atoms with Crippen LogP contribution in [-0.4, -0.2) is 46.6 Å². The Kier molecular flexibility index (Phi) is 4.60. The van der Waals surface area contributed by atoms with Gasteiger partial charge in [0.25, 0.3) is 5.91 Å². The molecule has 5 nitrogen and oxygen atoms in total. The molecule has 2 N–H and O–H groups in total. The molecule has 2 rings (SSSR count). The number of aromatic nitrogens is 1. The summed E-state index contributed by atoms with van der Waals surface area (Å²) in [4.78, 5) is 18.1. The largest absolute Gasteiger partial charge is 0.388 e. The zero-order valence-electron chi connectivity index (χ0n) is 12.2. The van der Waals surface area contributed by atoms with Crippen molar-refractivity contribution in [3.63, 3.8) is 0 Å². The monoisotopic (exact) mass is 277 g/mol. The third kappa shape index (κ3) is 3.48. The van der Waals surface area contributed by atoms with Crippen molar-refractivity contribution in [3.8, 4) is 0 Å². The van der Waals surface area contributed by atoms with Crippen molar-refractivity contribution in [2.75, 3.05) is 25.5 Å². The molecule has 0 spiro atoms. The topological polar surface area (TPSA) is 65.5 Å². The molecule has 1 heterocycles. The molecule has 1 fully saturated rings. The first-order valence-corrected chi connectivity index (χ1v) is 7.22. The van der Waals surface area contributed by atoms with Gasteiger partial charge in [-0.3, -0.25) is 4.79 Å². The Hall–Kier alpha value is -1.62. The lowest BCUT2D eigenvalue weighted by molar-refractivity contribution is 0.0156. The molecule has 0 bridgehead atoms. The second-order valence-electron chi connectivity index (χ2n) is 5.56. The van der Waals surface area contributed by atoms with E-state index < -0.39 is 5.60 Å². The lowest BCUT2D eigenvalue weighted by atomic mass is 10.0. The van der Waals surface area contributed by atoms with Gasteiger partial charge in [0, 0.05) is 26.3 Å². The van der Waals surface area contributed by atoms with E-state index in [0.29, 0.717) is 12.1 Å². The maximum Gasteiger partial charge on any atom is 0.255 e. The fraction of sp³-hybridized carbons (Fsp3) is 0.600. The summed E-state index contributed by atoms with van der Waals surface area (Å²) >= 11 is 0. The predicted octanol–water partition coefficient (Wildman–Crippen LogP) is 1.89. The summed E-state index contributed by atoms with van der Waals surface area (Å²) in [5.74, 6) is 0.669. The van der Waals surface area contributed by atoms with Gasteiger partial charge < -0.3 is 15.3 Å². The van der Waals surface area contributed by atoms with Gasteiger partial charge in [0.1, 0.15) is 5.82 Å². The normalized spacial score (nSPS) is 16.9. The van der Waals surface area contributed by atoms with E-state index in [9.17, 15) is 9.90 Å². The van der Waals surface area contributed by atoms with E-state index in [1.165, 1.54) is 0 Å². The van der Waals surface area contributed by atoms with Crippen LogP contribution in [0, 0.1) is 0 Å². The number of hydrogen-bond donors (Lipinski definition) is 2. The fourth-order valence-corrected chi connectivity index (χ4v) is 2.73. The van der Waals surface area contributed by atoms with Gasteiger partial charge in [0.15, 0.2) is 0 Å². The van der Waals surface area contributed by atoms with E-state index in [2.05, 4.69) is 10.3 Å². The van der Waals surface area contributed by atoms with Crippen LogP contribution in [0.1, 0.15) is 43.0 Å². The average Bonchev–Trinajstić information content (AvgIpc) is 2.85. The molecule has 0 aromatic carbocycles. The molecule has 1 saturated carbocycles. The fourth-order valence-electron chi connectivity index (χ4n) is 2.73. The van der Waals surface area contributed by atoms with Crippen molar-refractivity contribution in [1.29, 1.82) is 0 Å². The van der Waals surface area contributed by atoms with E-state index in [1.54, 1.807) is 30.3 Å². The predicted molar refractivity (Wildman–Crippen MR) is 78.8 cm³/mol. The molecule has 1 aliphatic carbocycles. The van der Waals surface area contributed by atoms with Gasteiger partial charge >= 0.3 is 0 Å². The lowest BCUT2D eigenvalue weighted by Crippen LogP contribution is -2.42. The third-order valence-electron chi connectivity index (χ3n) is 3.78. The summed E-state index contributed by atoms with van der Waals surface area (Å²) < 4.78 is 0. The van der Waals surface area contributed by atoms with Crippen LogP contribution in [0.2, 0.25) is 0 Å². The Labute approximate surface area is 120 Å². The van der Waals surface area contributed by atoms with Crippen LogP contribution >= 0.6 is 0 Å². The van der Waals surface area contributed by atoms with Gasteiger partial charge in [0.2, 0.25) is 0 Å². The second-order valence-corrected chi connectivity index (χ2v) is 5.56. The first-order chi connectivity index (χ1) is 9.54. The molecule has 1 aliphatic rings. The van der Waals surface area contributed by atoms with E-state index in [-0.39, 0.29) is 5.91 Å². The number of rotatable bonds is 5. The first kappa shape index (κ1) is 14.8. The number of aliphatic hydroxyl groups is 1. The average molecular weight is 277 g/mol. The minimum atomic E-state index is -0.707. The Morgan fingerprint density at radius 3 is 2.70 bits per heavy atom. The quantitative estimate of drug-likeness (QED) is 0.862. The molecular formula is C15H23N3O2. The molecule has 110 valence electrons. The van der Waals surface area contributed by atoms with Gasteiger partial charge in [-0.2, -0.15) is 0 Å². The summed E-state index contributed by atoms with van der Waals surface area (Å²) in [7, 11) is 1.73. The van der Waals surface area contributed by atoms with E-state index in [0.717, 1.165) is 38.0 Å². The van der Waals surface area contributed by atoms with Crippen molar-refractivity contribution in [2.45, 2.75) is 38.2 Å². The van der Waals surface area contributed by atoms with Crippen LogP contribution < -0.4 is 5.32 Å². The zero-order chi connectivity index (χ0) is 14.6. The zero-order valence-corrected chi connectivity index (χ0v) is 12.2. The molecule has 5 heteroatoms. The number of likely N-dealkylation sites (N-methyl/N-ethyl adjacent to an activating group) is 1. The molecule has 0 radical (unpaired) electrons. The molecule has 0 saturated heterocycles. The lowest BCUT2D eigenvalue weighted by Gasteiger charge is -2.28. The van der Waals surface area contributed by atoms with E-state index >= 15 is 0 Å². The standard InChI is InChI=1S/C15H23N3O2/c1-3-16-13-7-6-12(10-17-13)14(19)18(2)11-15(20)8-4-5-9-15/h6-7,10,20H,3-5,8-9,11H2,1-2H3,(H,16,17). The molecule has 0 atom stereocenters. The minimum Gasteiger partial charge on any atom is -0.388 e. The summed E-state index contributed by atoms with van der Waals surface area (Å²) in [6, 6.07) is 3.57. The number of hydrogen-bond acceptors (Lipinski definition) is 4. The Balaban J connectivity index is 1.99. The molecule has 0 aliphatic heterocycles. The highest BCUT2D eigenvalue weighted by atomic mass is 16.3. The minimum absolute atomic E-state index is 0.0964. The Morgan fingerprint density at radius 1 is 1.45 bits per heavy atom. The van der Waals surface area contributed by atoms with Crippen molar-refractivity contribution in [3.05, 3.63) is 23.9 Å². The molecule has 0 unspecified atom stereocenters. The maximum absolute atomic E-state index is 12.3. The number of pyridine rings is 1. The van der Waals surface area contributed by atoms with Crippen LogP contribution in [0.25, 0.3) is 0 Å². The van der Waals surface area contributed by atoms with Crippen molar-refractivity contribution >= 4 is 11.7 Å². The summed E-state index contributed by atoms with van der Waals surface area (Å²) in [6.07, 6.45) is 5.22. The van der Waals surface area contributed by atoms with Crippen LogP contribution in [0.4, 0.5) is 5.82 Å². The van der Waals surface area contributed by atoms with Gasteiger partial charge in [-0.15, -0.1) is 0 Å². The number of nitrogens with zero attached hydrogens (tertiary/aromatic N) is 2. The van der Waals surface area contributed by atoms with E-state index in [1.807, 2.05) is 6.92 Å². The molecule has 1 aromatic heterocycles. The Morgan fingerprint density at radius 2 is 2.15 bits per heavy atom. The maximum atomic E-state index is 12.3. The first-order valence-electron chi connectivity index (χ1n) is 7.22. The van der Waals surface area contributed by atoms with Gasteiger partial charge in [0.05, 0.1) is 11.2 Å². The third-order valence-corrected chi connectivity index (χ3v) is 3.78. The van der Waals surface area contributed by atoms with Crippen molar-refractivity contribution in [2.24, 2.45) is 0 Å². The highest BCUT2D eigenvalue weighted by Gasteiger charge is 2.33. The number of anilines is 1. The molecule has 20 heavy (non-hydrogen) atoms. The highest BCUT2D eigenvalue weighted by molar-refractivity contribution is 5.94. The van der Waals surface area contributed by atoms with E-state index in [4.69, 9.17) is 0 Å². The second kappa shape index (κ2) is 6.22. The number of amides is 1. The summed E-state index contributed by atoms with van der Waals surface area (Å²) in [6.45, 7) is 3.19. The Bertz CT molecular complexity index is 453. The highest BCUT2D eigenvalue weighted by Crippen LogP contribution is 2.30. The molecule has 1 amide bonds. The van der Waals surface area contributed by atoms with Crippen LogP contribution in [0.5, 0.6) is 0 Å². The van der Waals surface area contributed by atoms with Crippen molar-refractivity contribution in [1.82, 2.24) is 9.88 Å². The smallest absolute Gasteiger partial charge is 0.255 e. The summed E-state index contributed by atoms with van der Waals surface area (Å²) in [5, 5.41) is 13.4. The number of carbonyl (C=O) groups excluding carboxylic acids is 1. The van der Waals surface area contributed by atoms with Crippen LogP contribution in [0.3, 0.4) is 0 Å². The van der Waals surface area contributed by atoms with Crippen LogP contribution in [0.15, 0.2) is 18.3 Å². The SMILES string of the molecule is CCNc1ccc(C(=O)N(C)CC2(O)CCCC2)cn1. The van der Waals surface area contributed by atoms with Gasteiger partial charge in [-0.05, 0) is 31.9 Å². The van der Waals surface area contributed by atoms with Crippen molar-refractivity contribution < 1.29 is 9.90 Å². The molecule has 1 aromatic rings. The van der Waals surface area contributed by atoms with Gasteiger partial charge in [-0.1, -0.05) is 12.8 Å². The number of nitrogens with one attached hydrogen (secondary N) is 1. The summed E-state index contributed by atoms with van der Waals surface area (Å²) in [5.41, 5.74) is -0.155. The van der Waals surface area contributed by atoms with Gasteiger partial charge in [-0.25, -0.2) is 4.98 Å². The molecular weight excluding hydrogens is 254 g/mol. The number of carbonyl (C=O) groups is 1. The van der Waals surface area contributed by atoms with Crippen LogP contribution in [-0.2, 0) is 0 Å².